The summed E-state index contributed by atoms with van der Waals surface area (Å²) in [6, 6.07) is 49.2. The summed E-state index contributed by atoms with van der Waals surface area (Å²) < 4.78 is 6.02. The Hall–Kier alpha value is -7.38. The second-order valence-electron chi connectivity index (χ2n) is 12.8. The molecule has 0 aliphatic rings. The molecule has 0 spiro atoms. The van der Waals surface area contributed by atoms with Crippen LogP contribution in [-0.2, 0) is 0 Å². The lowest BCUT2D eigenvalue weighted by Crippen LogP contribution is -2.00. The van der Waals surface area contributed by atoms with Gasteiger partial charge in [0, 0.05) is 57.8 Å². The smallest absolute Gasteiger partial charge is 0.227 e. The normalized spacial score (nSPS) is 11.4. The number of hydrogen-bond acceptors (Lipinski definition) is 7. The number of hydrogen-bond donors (Lipinski definition) is 0. The molecule has 0 unspecified atom stereocenters. The molecule has 6 aromatic carbocycles. The SMILES string of the molecule is c1cc(-c2ccc(-c3nc(-c4ccc(-c5nc6ccccc6o5)cc4)nc(-c4ccc(-c5cccc6ccncc56)cc4)n3)cc2)c2cnccc2c1. The summed E-state index contributed by atoms with van der Waals surface area (Å²) in [5, 5.41) is 4.52. The van der Waals surface area contributed by atoms with Crippen LogP contribution in [-0.4, -0.2) is 29.9 Å². The number of pyridine rings is 2. The molecule has 4 heterocycles. The lowest BCUT2D eigenvalue weighted by Gasteiger charge is -2.11. The predicted molar refractivity (Wildman–Crippen MR) is 211 cm³/mol. The number of aromatic nitrogens is 6. The fourth-order valence-electron chi connectivity index (χ4n) is 6.85. The number of nitrogens with zero attached hydrogens (tertiary/aromatic N) is 6. The van der Waals surface area contributed by atoms with E-state index in [-0.39, 0.29) is 0 Å². The van der Waals surface area contributed by atoms with Crippen molar-refractivity contribution in [3.8, 4) is 67.9 Å². The van der Waals surface area contributed by atoms with Crippen molar-refractivity contribution >= 4 is 32.6 Å². The van der Waals surface area contributed by atoms with Crippen LogP contribution in [0.2, 0.25) is 0 Å². The van der Waals surface area contributed by atoms with Gasteiger partial charge < -0.3 is 4.42 Å². The second kappa shape index (κ2) is 12.7. The van der Waals surface area contributed by atoms with E-state index < -0.39 is 0 Å². The lowest BCUT2D eigenvalue weighted by molar-refractivity contribution is 0.620. The van der Waals surface area contributed by atoms with Crippen LogP contribution in [0.15, 0.2) is 175 Å². The molecular weight excluding hydrogens is 653 g/mol. The van der Waals surface area contributed by atoms with E-state index in [2.05, 4.69) is 99.9 Å². The highest BCUT2D eigenvalue weighted by molar-refractivity contribution is 5.97. The molecule has 0 amide bonds. The van der Waals surface area contributed by atoms with E-state index in [1.807, 2.05) is 85.5 Å². The van der Waals surface area contributed by atoms with Gasteiger partial charge in [-0.15, -0.1) is 0 Å². The van der Waals surface area contributed by atoms with Gasteiger partial charge in [0.1, 0.15) is 5.52 Å². The van der Waals surface area contributed by atoms with Crippen molar-refractivity contribution in [2.24, 2.45) is 0 Å². The van der Waals surface area contributed by atoms with Crippen LogP contribution in [0.4, 0.5) is 0 Å². The molecule has 0 bridgehead atoms. The molecule has 0 saturated heterocycles. The Balaban J connectivity index is 1.05. The van der Waals surface area contributed by atoms with Gasteiger partial charge in [-0.25, -0.2) is 19.9 Å². The van der Waals surface area contributed by atoms with Gasteiger partial charge in [0.05, 0.1) is 0 Å². The molecule has 0 radical (unpaired) electrons. The van der Waals surface area contributed by atoms with Gasteiger partial charge in [0.15, 0.2) is 23.1 Å². The molecule has 10 rings (SSSR count). The van der Waals surface area contributed by atoms with Crippen molar-refractivity contribution in [3.63, 3.8) is 0 Å². The van der Waals surface area contributed by atoms with Crippen molar-refractivity contribution < 1.29 is 4.42 Å². The molecule has 0 N–H and O–H groups in total. The van der Waals surface area contributed by atoms with Crippen molar-refractivity contribution in [1.82, 2.24) is 29.9 Å². The van der Waals surface area contributed by atoms with Crippen LogP contribution < -0.4 is 0 Å². The van der Waals surface area contributed by atoms with E-state index in [0.717, 1.165) is 77.2 Å². The summed E-state index contributed by atoms with van der Waals surface area (Å²) in [6.45, 7) is 0. The first-order valence-corrected chi connectivity index (χ1v) is 17.3. The number of para-hydroxylation sites is 2. The number of rotatable bonds is 6. The molecule has 0 saturated carbocycles. The molecule has 7 nitrogen and oxygen atoms in total. The molecule has 0 aliphatic heterocycles. The van der Waals surface area contributed by atoms with E-state index in [9.17, 15) is 0 Å². The average molecular weight is 681 g/mol. The van der Waals surface area contributed by atoms with E-state index in [0.29, 0.717) is 23.4 Å². The number of oxazole rings is 1. The highest BCUT2D eigenvalue weighted by Crippen LogP contribution is 2.33. The average Bonchev–Trinajstić information content (AvgIpc) is 3.68. The molecular formula is C46H28N6O. The molecule has 0 aliphatic carbocycles. The van der Waals surface area contributed by atoms with Crippen molar-refractivity contribution in [2.45, 2.75) is 0 Å². The van der Waals surface area contributed by atoms with Crippen molar-refractivity contribution in [1.29, 1.82) is 0 Å². The number of fused-ring (bicyclic) bond motifs is 3. The predicted octanol–water partition coefficient (Wildman–Crippen LogP) is 11.1. The minimum Gasteiger partial charge on any atom is -0.436 e. The Bertz CT molecular complexity index is 2750. The second-order valence-corrected chi connectivity index (χ2v) is 12.8. The first-order valence-electron chi connectivity index (χ1n) is 17.3. The van der Waals surface area contributed by atoms with Crippen LogP contribution in [0, 0.1) is 0 Å². The zero-order valence-electron chi connectivity index (χ0n) is 28.3. The summed E-state index contributed by atoms with van der Waals surface area (Å²) in [5.74, 6) is 2.31. The fourth-order valence-corrected chi connectivity index (χ4v) is 6.85. The Labute approximate surface area is 304 Å². The van der Waals surface area contributed by atoms with Gasteiger partial charge in [-0.2, -0.15) is 0 Å². The Morgan fingerprint density at radius 3 is 1.30 bits per heavy atom. The molecule has 7 heteroatoms. The molecule has 0 atom stereocenters. The topological polar surface area (TPSA) is 90.5 Å². The van der Waals surface area contributed by atoms with Gasteiger partial charge in [-0.05, 0) is 69.4 Å². The van der Waals surface area contributed by atoms with E-state index in [4.69, 9.17) is 19.4 Å². The fraction of sp³-hybridized carbons (Fsp3) is 0. The van der Waals surface area contributed by atoms with Gasteiger partial charge in [0.2, 0.25) is 5.89 Å². The Morgan fingerprint density at radius 2 is 0.811 bits per heavy atom. The molecule has 0 fully saturated rings. The standard InChI is InChI=1S/C46H28N6O/c1-2-10-42-41(9-1)49-46(53-42)36-21-19-35(20-22-36)45-51-43(33-15-11-31(12-16-33)37-7-3-5-29-23-25-47-27-39(29)37)50-44(52-45)34-17-13-32(14-18-34)38-8-4-6-30-24-26-48-28-40(30)38/h1-28H. The largest absolute Gasteiger partial charge is 0.436 e. The highest BCUT2D eigenvalue weighted by Gasteiger charge is 2.15. The van der Waals surface area contributed by atoms with E-state index >= 15 is 0 Å². The van der Waals surface area contributed by atoms with E-state index in [1.54, 1.807) is 0 Å². The third kappa shape index (κ3) is 5.66. The zero-order valence-corrected chi connectivity index (χ0v) is 28.3. The molecule has 10 aromatic rings. The van der Waals surface area contributed by atoms with Gasteiger partial charge in [-0.3, -0.25) is 9.97 Å². The first kappa shape index (κ1) is 30.4. The van der Waals surface area contributed by atoms with Crippen LogP contribution in [0.25, 0.3) is 101 Å². The van der Waals surface area contributed by atoms with E-state index in [1.165, 1.54) is 0 Å². The van der Waals surface area contributed by atoms with Crippen molar-refractivity contribution in [2.75, 3.05) is 0 Å². The highest BCUT2D eigenvalue weighted by atomic mass is 16.3. The minimum absolute atomic E-state index is 0.568. The minimum atomic E-state index is 0.568. The van der Waals surface area contributed by atoms with Crippen LogP contribution in [0.3, 0.4) is 0 Å². The summed E-state index contributed by atoms with van der Waals surface area (Å²) in [6.07, 6.45) is 7.48. The first-order chi connectivity index (χ1) is 26.2. The summed E-state index contributed by atoms with van der Waals surface area (Å²) in [4.78, 5) is 28.5. The summed E-state index contributed by atoms with van der Waals surface area (Å²) in [5.41, 5.74) is 9.52. The Kier molecular flexibility index (Phi) is 7.32. The molecule has 248 valence electrons. The van der Waals surface area contributed by atoms with Crippen molar-refractivity contribution in [3.05, 3.63) is 170 Å². The van der Waals surface area contributed by atoms with Crippen LogP contribution in [0.5, 0.6) is 0 Å². The van der Waals surface area contributed by atoms with Gasteiger partial charge in [-0.1, -0.05) is 109 Å². The van der Waals surface area contributed by atoms with Gasteiger partial charge in [0.25, 0.3) is 0 Å². The monoisotopic (exact) mass is 680 g/mol. The number of benzene rings is 6. The summed E-state index contributed by atoms with van der Waals surface area (Å²) in [7, 11) is 0. The maximum Gasteiger partial charge on any atom is 0.227 e. The Morgan fingerprint density at radius 1 is 0.358 bits per heavy atom. The molecule has 53 heavy (non-hydrogen) atoms. The lowest BCUT2D eigenvalue weighted by atomic mass is 9.98. The molecule has 4 aromatic heterocycles. The summed E-state index contributed by atoms with van der Waals surface area (Å²) >= 11 is 0. The third-order valence-electron chi connectivity index (χ3n) is 9.59. The quantitative estimate of drug-likeness (QED) is 0.173. The third-order valence-corrected chi connectivity index (χ3v) is 9.59. The zero-order chi connectivity index (χ0) is 35.1. The maximum absolute atomic E-state index is 6.02. The van der Waals surface area contributed by atoms with Crippen LogP contribution in [0.1, 0.15) is 0 Å². The maximum atomic E-state index is 6.02. The van der Waals surface area contributed by atoms with Crippen LogP contribution >= 0.6 is 0 Å². The van der Waals surface area contributed by atoms with Gasteiger partial charge >= 0.3 is 0 Å².